The van der Waals surface area contributed by atoms with Gasteiger partial charge in [-0.15, -0.1) is 12.4 Å². The fourth-order valence-corrected chi connectivity index (χ4v) is 1.41. The van der Waals surface area contributed by atoms with E-state index in [2.05, 4.69) is 0 Å². The van der Waals surface area contributed by atoms with Crippen LogP contribution in [0.15, 0.2) is 24.3 Å². The van der Waals surface area contributed by atoms with E-state index in [-0.39, 0.29) is 17.4 Å². The third kappa shape index (κ3) is 4.73. The molecule has 0 saturated heterocycles. The molecule has 0 bridgehead atoms. The second-order valence-corrected chi connectivity index (χ2v) is 3.35. The molecule has 0 aliphatic heterocycles. The molecule has 1 atom stereocenters. The van der Waals surface area contributed by atoms with Crippen molar-refractivity contribution in [1.82, 2.24) is 0 Å². The van der Waals surface area contributed by atoms with E-state index in [4.69, 9.17) is 17.3 Å². The van der Waals surface area contributed by atoms with E-state index in [9.17, 15) is 13.2 Å². The minimum Gasteiger partial charge on any atom is -0.324 e. The maximum Gasteiger partial charge on any atom is 0.390 e. The van der Waals surface area contributed by atoms with Gasteiger partial charge in [0.15, 0.2) is 0 Å². The lowest BCUT2D eigenvalue weighted by Gasteiger charge is -2.15. The summed E-state index contributed by atoms with van der Waals surface area (Å²) < 4.78 is 36.0. The van der Waals surface area contributed by atoms with Crippen LogP contribution in [0.4, 0.5) is 13.2 Å². The molecule has 2 N–H and O–H groups in total. The number of hydrogen-bond donors (Lipinski definition) is 1. The summed E-state index contributed by atoms with van der Waals surface area (Å²) in [6.07, 6.45) is -5.32. The summed E-state index contributed by atoms with van der Waals surface area (Å²) in [6, 6.07) is 5.18. The Morgan fingerprint density at radius 3 is 2.27 bits per heavy atom. The van der Waals surface area contributed by atoms with Crippen molar-refractivity contribution < 1.29 is 13.2 Å². The van der Waals surface area contributed by atoms with Crippen molar-refractivity contribution in [2.45, 2.75) is 18.6 Å². The van der Waals surface area contributed by atoms with Crippen molar-refractivity contribution in [3.05, 3.63) is 34.9 Å². The van der Waals surface area contributed by atoms with E-state index in [0.717, 1.165) is 0 Å². The first-order valence-electron chi connectivity index (χ1n) is 3.97. The lowest BCUT2D eigenvalue weighted by atomic mass is 10.0. The van der Waals surface area contributed by atoms with Crippen molar-refractivity contribution in [2.24, 2.45) is 5.73 Å². The zero-order valence-electron chi connectivity index (χ0n) is 7.59. The molecule has 0 heterocycles. The van der Waals surface area contributed by atoms with Crippen LogP contribution in [-0.4, -0.2) is 6.18 Å². The van der Waals surface area contributed by atoms with Crippen LogP contribution in [-0.2, 0) is 0 Å². The Morgan fingerprint density at radius 1 is 1.27 bits per heavy atom. The van der Waals surface area contributed by atoms with Crippen LogP contribution in [0.1, 0.15) is 18.0 Å². The summed E-state index contributed by atoms with van der Waals surface area (Å²) in [7, 11) is 0. The van der Waals surface area contributed by atoms with Crippen molar-refractivity contribution in [3.63, 3.8) is 0 Å². The Hall–Kier alpha value is -0.450. The standard InChI is InChI=1S/C9H9ClF3N.ClH/c10-7-4-2-1-3-6(7)8(14)5-9(11,12)13;/h1-4,8H,5,14H2;1H/t8-;/m0./s1. The molecule has 15 heavy (non-hydrogen) atoms. The second-order valence-electron chi connectivity index (χ2n) is 2.95. The van der Waals surface area contributed by atoms with E-state index >= 15 is 0 Å². The Balaban J connectivity index is 0.00000196. The van der Waals surface area contributed by atoms with E-state index in [1.165, 1.54) is 12.1 Å². The van der Waals surface area contributed by atoms with E-state index in [1.807, 2.05) is 0 Å². The molecule has 0 aliphatic rings. The van der Waals surface area contributed by atoms with E-state index in [1.54, 1.807) is 12.1 Å². The maximum atomic E-state index is 12.0. The zero-order valence-corrected chi connectivity index (χ0v) is 9.16. The first kappa shape index (κ1) is 14.6. The molecule has 0 amide bonds. The molecule has 0 fully saturated rings. The smallest absolute Gasteiger partial charge is 0.324 e. The zero-order chi connectivity index (χ0) is 10.8. The van der Waals surface area contributed by atoms with Crippen LogP contribution < -0.4 is 5.73 Å². The summed E-state index contributed by atoms with van der Waals surface area (Å²) >= 11 is 5.70. The quantitative estimate of drug-likeness (QED) is 0.861. The minimum absolute atomic E-state index is 0. The molecule has 1 aromatic rings. The van der Waals surface area contributed by atoms with Crippen LogP contribution in [0.2, 0.25) is 5.02 Å². The van der Waals surface area contributed by atoms with Gasteiger partial charge >= 0.3 is 6.18 Å². The van der Waals surface area contributed by atoms with Crippen LogP contribution in [0.3, 0.4) is 0 Å². The van der Waals surface area contributed by atoms with Gasteiger partial charge in [-0.05, 0) is 11.6 Å². The van der Waals surface area contributed by atoms with Gasteiger partial charge in [-0.1, -0.05) is 29.8 Å². The Morgan fingerprint density at radius 2 is 1.80 bits per heavy atom. The van der Waals surface area contributed by atoms with Gasteiger partial charge in [0.2, 0.25) is 0 Å². The molecule has 0 unspecified atom stereocenters. The van der Waals surface area contributed by atoms with Crippen LogP contribution in [0.5, 0.6) is 0 Å². The molecule has 0 radical (unpaired) electrons. The Labute approximate surface area is 96.8 Å². The molecule has 6 heteroatoms. The average Bonchev–Trinajstić information content (AvgIpc) is 2.01. The van der Waals surface area contributed by atoms with Gasteiger partial charge in [0.1, 0.15) is 0 Å². The summed E-state index contributed by atoms with van der Waals surface area (Å²) in [6.45, 7) is 0. The lowest BCUT2D eigenvalue weighted by Crippen LogP contribution is -2.20. The molecule has 1 aromatic carbocycles. The first-order valence-corrected chi connectivity index (χ1v) is 4.35. The van der Waals surface area contributed by atoms with Gasteiger partial charge in [0, 0.05) is 11.1 Å². The monoisotopic (exact) mass is 259 g/mol. The highest BCUT2D eigenvalue weighted by Crippen LogP contribution is 2.30. The predicted octanol–water partition coefficient (Wildman–Crippen LogP) is 3.71. The van der Waals surface area contributed by atoms with Crippen molar-refractivity contribution in [2.75, 3.05) is 0 Å². The second kappa shape index (κ2) is 5.58. The fourth-order valence-electron chi connectivity index (χ4n) is 1.14. The molecule has 86 valence electrons. The van der Waals surface area contributed by atoms with E-state index < -0.39 is 18.6 Å². The molecule has 0 spiro atoms. The highest BCUT2D eigenvalue weighted by atomic mass is 35.5. The summed E-state index contributed by atoms with van der Waals surface area (Å²) in [5.74, 6) is 0. The fraction of sp³-hybridized carbons (Fsp3) is 0.333. The van der Waals surface area contributed by atoms with Gasteiger partial charge in [-0.3, -0.25) is 0 Å². The third-order valence-electron chi connectivity index (χ3n) is 1.76. The van der Waals surface area contributed by atoms with Crippen LogP contribution in [0, 0.1) is 0 Å². The van der Waals surface area contributed by atoms with Gasteiger partial charge in [0.25, 0.3) is 0 Å². The predicted molar refractivity (Wildman–Crippen MR) is 56.3 cm³/mol. The number of alkyl halides is 3. The largest absolute Gasteiger partial charge is 0.390 e. The van der Waals surface area contributed by atoms with Gasteiger partial charge in [0.05, 0.1) is 6.42 Å². The van der Waals surface area contributed by atoms with Gasteiger partial charge in [-0.25, -0.2) is 0 Å². The number of rotatable bonds is 2. The third-order valence-corrected chi connectivity index (χ3v) is 2.10. The molecular formula is C9H10Cl2F3N. The van der Waals surface area contributed by atoms with Gasteiger partial charge < -0.3 is 5.73 Å². The normalized spacial score (nSPS) is 13.1. The van der Waals surface area contributed by atoms with Crippen molar-refractivity contribution in [1.29, 1.82) is 0 Å². The molecular weight excluding hydrogens is 250 g/mol. The Kier molecular flexibility index (Phi) is 5.42. The summed E-state index contributed by atoms with van der Waals surface area (Å²) in [4.78, 5) is 0. The molecule has 0 saturated carbocycles. The number of nitrogens with two attached hydrogens (primary N) is 1. The molecule has 1 rings (SSSR count). The molecule has 0 aromatic heterocycles. The highest BCUT2D eigenvalue weighted by Gasteiger charge is 2.31. The Bertz CT molecular complexity index is 314. The minimum atomic E-state index is -4.27. The number of hydrogen-bond acceptors (Lipinski definition) is 1. The van der Waals surface area contributed by atoms with Gasteiger partial charge in [-0.2, -0.15) is 13.2 Å². The summed E-state index contributed by atoms with van der Waals surface area (Å²) in [5, 5.41) is 0.268. The van der Waals surface area contributed by atoms with Crippen molar-refractivity contribution >= 4 is 24.0 Å². The molecule has 1 nitrogen and oxygen atoms in total. The van der Waals surface area contributed by atoms with Crippen LogP contribution in [0.25, 0.3) is 0 Å². The molecule has 0 aliphatic carbocycles. The number of benzene rings is 1. The number of halogens is 5. The highest BCUT2D eigenvalue weighted by molar-refractivity contribution is 6.31. The SMILES string of the molecule is Cl.N[C@@H](CC(F)(F)F)c1ccccc1Cl. The van der Waals surface area contributed by atoms with Crippen LogP contribution >= 0.6 is 24.0 Å². The first-order chi connectivity index (χ1) is 6.40. The topological polar surface area (TPSA) is 26.0 Å². The van der Waals surface area contributed by atoms with E-state index in [0.29, 0.717) is 5.56 Å². The van der Waals surface area contributed by atoms with Crippen molar-refractivity contribution in [3.8, 4) is 0 Å². The average molecular weight is 260 g/mol. The lowest BCUT2D eigenvalue weighted by molar-refractivity contribution is -0.138. The summed E-state index contributed by atoms with van der Waals surface area (Å²) in [5.41, 5.74) is 5.70. The maximum absolute atomic E-state index is 12.0.